The lowest BCUT2D eigenvalue weighted by Gasteiger charge is -2.23. The van der Waals surface area contributed by atoms with E-state index in [0.717, 1.165) is 4.90 Å². The maximum absolute atomic E-state index is 12.9. The number of nitrogens with one attached hydrogen (secondary N) is 1. The molecule has 3 rings (SSSR count). The second kappa shape index (κ2) is 6.66. The Morgan fingerprint density at radius 3 is 2.69 bits per heavy atom. The Balaban J connectivity index is 1.92. The van der Waals surface area contributed by atoms with Crippen molar-refractivity contribution in [1.82, 2.24) is 10.2 Å². The van der Waals surface area contributed by atoms with Crippen molar-refractivity contribution in [3.05, 3.63) is 57.5 Å². The summed E-state index contributed by atoms with van der Waals surface area (Å²) in [6.07, 6.45) is 1.29. The molecule has 1 aliphatic rings. The van der Waals surface area contributed by atoms with Crippen molar-refractivity contribution in [2.45, 2.75) is 19.0 Å². The molecule has 1 aromatic heterocycles. The molecule has 7 nitrogen and oxygen atoms in total. The van der Waals surface area contributed by atoms with Crippen molar-refractivity contribution in [2.75, 3.05) is 7.11 Å². The van der Waals surface area contributed by atoms with Gasteiger partial charge in [-0.05, 0) is 25.1 Å². The van der Waals surface area contributed by atoms with Gasteiger partial charge < -0.3 is 14.5 Å². The molecule has 1 aliphatic heterocycles. The Morgan fingerprint density at radius 1 is 1.31 bits per heavy atom. The van der Waals surface area contributed by atoms with E-state index < -0.39 is 23.4 Å². The standard InChI is InChI=1S/C17H14Cl2N2O5/c1-17(11-4-3-9(18)7-12(11)19)15(23)21(16(24)20-17)8-13-10(5-6-26-13)14(22)25-2/h3-7H,8H2,1-2H3,(H,20,24). The molecule has 0 radical (unpaired) electrons. The summed E-state index contributed by atoms with van der Waals surface area (Å²) in [5.74, 6) is -1.00. The SMILES string of the molecule is COC(=O)c1ccoc1CN1C(=O)NC(C)(c2ccc(Cl)cc2Cl)C1=O. The number of nitrogens with zero attached hydrogens (tertiary/aromatic N) is 1. The number of amides is 3. The number of rotatable bonds is 4. The number of benzene rings is 1. The van der Waals surface area contributed by atoms with Gasteiger partial charge in [0.25, 0.3) is 5.91 Å². The monoisotopic (exact) mass is 396 g/mol. The van der Waals surface area contributed by atoms with Crippen LogP contribution in [0.25, 0.3) is 0 Å². The third kappa shape index (κ3) is 2.93. The largest absolute Gasteiger partial charge is 0.467 e. The van der Waals surface area contributed by atoms with Crippen molar-refractivity contribution in [2.24, 2.45) is 0 Å². The quantitative estimate of drug-likeness (QED) is 0.632. The van der Waals surface area contributed by atoms with Crippen LogP contribution < -0.4 is 5.32 Å². The van der Waals surface area contributed by atoms with Gasteiger partial charge in [0.1, 0.15) is 16.9 Å². The van der Waals surface area contributed by atoms with Crippen molar-refractivity contribution >= 4 is 41.1 Å². The van der Waals surface area contributed by atoms with E-state index in [9.17, 15) is 14.4 Å². The first-order valence-electron chi connectivity index (χ1n) is 7.52. The van der Waals surface area contributed by atoms with E-state index in [1.165, 1.54) is 25.5 Å². The van der Waals surface area contributed by atoms with E-state index in [4.69, 9.17) is 27.6 Å². The number of ether oxygens (including phenoxy) is 1. The van der Waals surface area contributed by atoms with Crippen LogP contribution in [-0.4, -0.2) is 29.9 Å². The highest BCUT2D eigenvalue weighted by atomic mass is 35.5. The highest BCUT2D eigenvalue weighted by Crippen LogP contribution is 2.35. The van der Waals surface area contributed by atoms with E-state index in [-0.39, 0.29) is 22.9 Å². The number of carbonyl (C=O) groups is 3. The van der Waals surface area contributed by atoms with E-state index in [2.05, 4.69) is 10.1 Å². The summed E-state index contributed by atoms with van der Waals surface area (Å²) in [6, 6.07) is 5.44. The molecule has 0 spiro atoms. The normalized spacial score (nSPS) is 19.6. The van der Waals surface area contributed by atoms with Crippen LogP contribution >= 0.6 is 23.2 Å². The first kappa shape index (κ1) is 18.3. The zero-order valence-electron chi connectivity index (χ0n) is 13.8. The second-order valence-electron chi connectivity index (χ2n) is 5.82. The number of imide groups is 1. The van der Waals surface area contributed by atoms with Crippen molar-refractivity contribution < 1.29 is 23.5 Å². The Labute approximate surface area is 158 Å². The molecule has 26 heavy (non-hydrogen) atoms. The van der Waals surface area contributed by atoms with Crippen LogP contribution in [0.2, 0.25) is 10.0 Å². The predicted octanol–water partition coefficient (Wildman–Crippen LogP) is 3.34. The molecule has 136 valence electrons. The van der Waals surface area contributed by atoms with E-state index in [1.54, 1.807) is 19.1 Å². The number of furan rings is 1. The number of methoxy groups -OCH3 is 1. The molecule has 0 aliphatic carbocycles. The molecule has 2 heterocycles. The van der Waals surface area contributed by atoms with Crippen LogP contribution in [0.3, 0.4) is 0 Å². The number of esters is 1. The van der Waals surface area contributed by atoms with E-state index in [0.29, 0.717) is 10.6 Å². The zero-order valence-corrected chi connectivity index (χ0v) is 15.4. The predicted molar refractivity (Wildman–Crippen MR) is 92.9 cm³/mol. The fourth-order valence-corrected chi connectivity index (χ4v) is 3.41. The summed E-state index contributed by atoms with van der Waals surface area (Å²) >= 11 is 12.1. The van der Waals surface area contributed by atoms with Gasteiger partial charge in [0.15, 0.2) is 0 Å². The second-order valence-corrected chi connectivity index (χ2v) is 6.66. The summed E-state index contributed by atoms with van der Waals surface area (Å²) in [7, 11) is 1.23. The van der Waals surface area contributed by atoms with Gasteiger partial charge in [-0.3, -0.25) is 9.69 Å². The molecule has 1 atom stereocenters. The summed E-state index contributed by atoms with van der Waals surface area (Å²) < 4.78 is 9.90. The zero-order chi connectivity index (χ0) is 19.1. The Kier molecular flexibility index (Phi) is 4.68. The number of carbonyl (C=O) groups excluding carboxylic acids is 3. The van der Waals surface area contributed by atoms with Gasteiger partial charge in [0, 0.05) is 15.6 Å². The number of halogens is 2. The molecular formula is C17H14Cl2N2O5. The summed E-state index contributed by atoms with van der Waals surface area (Å²) in [5.41, 5.74) is -0.806. The molecule has 1 saturated heterocycles. The number of hydrogen-bond acceptors (Lipinski definition) is 5. The molecule has 2 aromatic rings. The molecule has 1 fully saturated rings. The lowest BCUT2D eigenvalue weighted by atomic mass is 9.92. The summed E-state index contributed by atoms with van der Waals surface area (Å²) in [4.78, 5) is 38.0. The van der Waals surface area contributed by atoms with Crippen LogP contribution in [0.5, 0.6) is 0 Å². The topological polar surface area (TPSA) is 88.8 Å². The summed E-state index contributed by atoms with van der Waals surface area (Å²) in [6.45, 7) is 1.33. The maximum Gasteiger partial charge on any atom is 0.341 e. The van der Waals surface area contributed by atoms with Gasteiger partial charge in [-0.25, -0.2) is 9.59 Å². The first-order chi connectivity index (χ1) is 12.3. The van der Waals surface area contributed by atoms with Gasteiger partial charge in [-0.1, -0.05) is 29.3 Å². The lowest BCUT2D eigenvalue weighted by Crippen LogP contribution is -2.41. The maximum atomic E-state index is 12.9. The first-order valence-corrected chi connectivity index (χ1v) is 8.28. The lowest BCUT2D eigenvalue weighted by molar-refractivity contribution is -0.131. The molecular weight excluding hydrogens is 383 g/mol. The number of hydrogen-bond donors (Lipinski definition) is 1. The highest BCUT2D eigenvalue weighted by molar-refractivity contribution is 6.35. The van der Waals surface area contributed by atoms with Crippen LogP contribution in [0.15, 0.2) is 34.9 Å². The summed E-state index contributed by atoms with van der Waals surface area (Å²) in [5, 5.41) is 3.30. The molecule has 0 saturated carbocycles. The van der Waals surface area contributed by atoms with Gasteiger partial charge in [0.05, 0.1) is 19.9 Å². The van der Waals surface area contributed by atoms with Crippen molar-refractivity contribution in [3.8, 4) is 0 Å². The third-order valence-corrected chi connectivity index (χ3v) is 4.75. The average Bonchev–Trinajstić information content (AvgIpc) is 3.13. The Hall–Kier alpha value is -2.51. The average molecular weight is 397 g/mol. The van der Waals surface area contributed by atoms with Gasteiger partial charge in [0.2, 0.25) is 0 Å². The molecule has 3 amide bonds. The fraction of sp³-hybridized carbons (Fsp3) is 0.235. The van der Waals surface area contributed by atoms with Gasteiger partial charge >= 0.3 is 12.0 Å². The fourth-order valence-electron chi connectivity index (χ4n) is 2.82. The van der Waals surface area contributed by atoms with E-state index >= 15 is 0 Å². The van der Waals surface area contributed by atoms with Crippen molar-refractivity contribution in [3.63, 3.8) is 0 Å². The van der Waals surface area contributed by atoms with Crippen LogP contribution in [0, 0.1) is 0 Å². The molecule has 1 N–H and O–H groups in total. The smallest absolute Gasteiger partial charge is 0.341 e. The molecule has 1 unspecified atom stereocenters. The number of urea groups is 1. The van der Waals surface area contributed by atoms with Crippen molar-refractivity contribution in [1.29, 1.82) is 0 Å². The van der Waals surface area contributed by atoms with Crippen LogP contribution in [-0.2, 0) is 21.6 Å². The van der Waals surface area contributed by atoms with Gasteiger partial charge in [-0.2, -0.15) is 0 Å². The van der Waals surface area contributed by atoms with Crippen LogP contribution in [0.4, 0.5) is 4.79 Å². The highest BCUT2D eigenvalue weighted by Gasteiger charge is 2.50. The molecule has 9 heteroatoms. The minimum Gasteiger partial charge on any atom is -0.467 e. The Bertz CT molecular complexity index is 910. The molecule has 0 bridgehead atoms. The van der Waals surface area contributed by atoms with Crippen LogP contribution in [0.1, 0.15) is 28.6 Å². The third-order valence-electron chi connectivity index (χ3n) is 4.20. The molecule has 1 aromatic carbocycles. The van der Waals surface area contributed by atoms with Gasteiger partial charge in [-0.15, -0.1) is 0 Å². The Morgan fingerprint density at radius 2 is 2.04 bits per heavy atom. The van der Waals surface area contributed by atoms with E-state index in [1.807, 2.05) is 0 Å². The minimum atomic E-state index is -1.36. The minimum absolute atomic E-state index is 0.145.